The predicted molar refractivity (Wildman–Crippen MR) is 89.0 cm³/mol. The molecule has 0 amide bonds. The summed E-state index contributed by atoms with van der Waals surface area (Å²) in [7, 11) is -3.59. The molecular formula is C15H24N2O4S2. The van der Waals surface area contributed by atoms with Crippen LogP contribution >= 0.6 is 11.3 Å². The highest BCUT2D eigenvalue weighted by Gasteiger charge is 2.39. The van der Waals surface area contributed by atoms with Gasteiger partial charge in [-0.1, -0.05) is 6.92 Å². The number of likely N-dealkylation sites (tertiary alicyclic amines) is 1. The Morgan fingerprint density at radius 1 is 1.43 bits per heavy atom. The molecule has 0 unspecified atom stereocenters. The van der Waals surface area contributed by atoms with E-state index in [-0.39, 0.29) is 17.6 Å². The third kappa shape index (κ3) is 4.12. The zero-order chi connectivity index (χ0) is 16.4. The molecule has 0 radical (unpaired) electrons. The zero-order valence-electron chi connectivity index (χ0n) is 13.2. The monoisotopic (exact) mass is 360 g/mol. The molecule has 2 saturated heterocycles. The van der Waals surface area contributed by atoms with Crippen molar-refractivity contribution < 1.29 is 18.3 Å². The van der Waals surface area contributed by atoms with E-state index >= 15 is 0 Å². The van der Waals surface area contributed by atoms with E-state index in [0.29, 0.717) is 6.54 Å². The highest BCUT2D eigenvalue weighted by molar-refractivity contribution is 7.89. The Kier molecular flexibility index (Phi) is 5.39. The van der Waals surface area contributed by atoms with Crippen molar-refractivity contribution in [3.05, 3.63) is 16.8 Å². The summed E-state index contributed by atoms with van der Waals surface area (Å²) in [6.07, 6.45) is 1.18. The molecule has 0 aromatic carbocycles. The third-order valence-electron chi connectivity index (χ3n) is 4.71. The molecule has 3 atom stereocenters. The summed E-state index contributed by atoms with van der Waals surface area (Å²) in [4.78, 5) is 2.53. The fourth-order valence-corrected chi connectivity index (χ4v) is 5.38. The number of sulfonamides is 1. The Morgan fingerprint density at radius 3 is 2.83 bits per heavy atom. The lowest BCUT2D eigenvalue weighted by Crippen LogP contribution is -2.47. The molecular weight excluding hydrogens is 336 g/mol. The largest absolute Gasteiger partial charge is 0.389 e. The van der Waals surface area contributed by atoms with Crippen LogP contribution in [0.3, 0.4) is 0 Å². The molecule has 2 fully saturated rings. The number of hydrogen-bond acceptors (Lipinski definition) is 6. The van der Waals surface area contributed by atoms with Gasteiger partial charge in [0.15, 0.2) is 0 Å². The Hall–Kier alpha value is -0.510. The van der Waals surface area contributed by atoms with Crippen molar-refractivity contribution in [1.29, 1.82) is 0 Å². The number of rotatable bonds is 5. The first-order valence-electron chi connectivity index (χ1n) is 8.02. The number of nitrogens with one attached hydrogen (secondary N) is 1. The maximum Gasteiger partial charge on any atom is 0.241 e. The first-order chi connectivity index (χ1) is 11.0. The molecule has 0 bridgehead atoms. The minimum Gasteiger partial charge on any atom is -0.389 e. The van der Waals surface area contributed by atoms with Crippen LogP contribution in [0, 0.1) is 5.92 Å². The van der Waals surface area contributed by atoms with Crippen LogP contribution in [0.1, 0.15) is 19.8 Å². The third-order valence-corrected chi connectivity index (χ3v) is 7.03. The maximum atomic E-state index is 12.2. The molecule has 1 aromatic rings. The number of ether oxygens (including phenoxy) is 1. The lowest BCUT2D eigenvalue weighted by molar-refractivity contribution is 0.00897. The van der Waals surface area contributed by atoms with Gasteiger partial charge in [-0.25, -0.2) is 13.1 Å². The summed E-state index contributed by atoms with van der Waals surface area (Å²) in [6.45, 7) is 5.15. The van der Waals surface area contributed by atoms with Crippen LogP contribution in [0.25, 0.3) is 0 Å². The second kappa shape index (κ2) is 7.16. The number of thiophene rings is 1. The Balaban J connectivity index is 1.55. The van der Waals surface area contributed by atoms with Crippen molar-refractivity contribution in [2.24, 2.45) is 5.92 Å². The standard InChI is InChI=1S/C15H24N2O4S2/c1-11-2-5-17(6-3-11)8-14-15(18)13(9-21-14)16-23(19,20)12-4-7-22-10-12/h4,7,10-11,13-16,18H,2-3,5-6,8-9H2,1H3/t13-,14-,15+/m0/s1. The quantitative estimate of drug-likeness (QED) is 0.815. The Bertz CT molecular complexity index is 597. The van der Waals surface area contributed by atoms with Crippen LogP contribution in [0.15, 0.2) is 21.7 Å². The van der Waals surface area contributed by atoms with Crippen molar-refractivity contribution in [3.8, 4) is 0 Å². The molecule has 3 rings (SSSR count). The van der Waals surface area contributed by atoms with Crippen LogP contribution in [0.4, 0.5) is 0 Å². The van der Waals surface area contributed by atoms with Crippen molar-refractivity contribution in [3.63, 3.8) is 0 Å². The van der Waals surface area contributed by atoms with Gasteiger partial charge in [0.25, 0.3) is 0 Å². The molecule has 8 heteroatoms. The van der Waals surface area contributed by atoms with Gasteiger partial charge in [0.05, 0.1) is 29.8 Å². The average molecular weight is 361 g/mol. The van der Waals surface area contributed by atoms with E-state index in [9.17, 15) is 13.5 Å². The molecule has 3 heterocycles. The average Bonchev–Trinajstić information content (AvgIpc) is 3.15. The highest BCUT2D eigenvalue weighted by Crippen LogP contribution is 2.22. The van der Waals surface area contributed by atoms with Gasteiger partial charge < -0.3 is 14.7 Å². The van der Waals surface area contributed by atoms with Crippen molar-refractivity contribution in [2.45, 2.75) is 42.9 Å². The molecule has 23 heavy (non-hydrogen) atoms. The van der Waals surface area contributed by atoms with Gasteiger partial charge in [0.2, 0.25) is 10.0 Å². The van der Waals surface area contributed by atoms with Crippen LogP contribution in [0.5, 0.6) is 0 Å². The zero-order valence-corrected chi connectivity index (χ0v) is 14.9. The topological polar surface area (TPSA) is 78.9 Å². The predicted octanol–water partition coefficient (Wildman–Crippen LogP) is 0.887. The fourth-order valence-electron chi connectivity index (χ4n) is 3.12. The van der Waals surface area contributed by atoms with E-state index < -0.39 is 22.2 Å². The second-order valence-corrected chi connectivity index (χ2v) is 9.03. The molecule has 1 aromatic heterocycles. The molecule has 6 nitrogen and oxygen atoms in total. The molecule has 0 aliphatic carbocycles. The van der Waals surface area contributed by atoms with Gasteiger partial charge in [-0.3, -0.25) is 0 Å². The van der Waals surface area contributed by atoms with Crippen molar-refractivity contribution in [1.82, 2.24) is 9.62 Å². The van der Waals surface area contributed by atoms with Gasteiger partial charge in [-0.2, -0.15) is 11.3 Å². The Labute approximate surface area is 141 Å². The van der Waals surface area contributed by atoms with E-state index in [1.54, 1.807) is 16.8 Å². The normalized spacial score (nSPS) is 30.8. The number of hydrogen-bond donors (Lipinski definition) is 2. The summed E-state index contributed by atoms with van der Waals surface area (Å²) < 4.78 is 32.7. The van der Waals surface area contributed by atoms with E-state index in [2.05, 4.69) is 16.5 Å². The SMILES string of the molecule is CC1CCN(C[C@@H]2OC[C@H](NS(=O)(=O)c3ccsc3)[C@H]2O)CC1. The highest BCUT2D eigenvalue weighted by atomic mass is 32.2. The lowest BCUT2D eigenvalue weighted by Gasteiger charge is -2.32. The Morgan fingerprint density at radius 2 is 2.17 bits per heavy atom. The summed E-state index contributed by atoms with van der Waals surface area (Å²) in [6, 6.07) is 0.968. The van der Waals surface area contributed by atoms with Crippen LogP contribution < -0.4 is 4.72 Å². The smallest absolute Gasteiger partial charge is 0.241 e. The van der Waals surface area contributed by atoms with Gasteiger partial charge in [-0.15, -0.1) is 0 Å². The van der Waals surface area contributed by atoms with Crippen molar-refractivity contribution >= 4 is 21.4 Å². The summed E-state index contributed by atoms with van der Waals surface area (Å²) in [5.41, 5.74) is 0. The molecule has 2 N–H and O–H groups in total. The summed E-state index contributed by atoms with van der Waals surface area (Å²) in [5, 5.41) is 13.7. The first-order valence-corrected chi connectivity index (χ1v) is 10.4. The molecule has 0 spiro atoms. The molecule has 2 aliphatic rings. The van der Waals surface area contributed by atoms with E-state index in [1.165, 1.54) is 11.3 Å². The van der Waals surface area contributed by atoms with Gasteiger partial charge in [-0.05, 0) is 43.3 Å². The van der Waals surface area contributed by atoms with Gasteiger partial charge >= 0.3 is 0 Å². The first kappa shape index (κ1) is 17.3. The minimum atomic E-state index is -3.59. The van der Waals surface area contributed by atoms with Crippen LogP contribution in [-0.4, -0.2) is 62.9 Å². The summed E-state index contributed by atoms with van der Waals surface area (Å²) >= 11 is 1.33. The molecule has 0 saturated carbocycles. The number of aliphatic hydroxyl groups is 1. The van der Waals surface area contributed by atoms with Gasteiger partial charge in [0, 0.05) is 11.9 Å². The molecule has 130 valence electrons. The molecule has 2 aliphatic heterocycles. The van der Waals surface area contributed by atoms with E-state index in [0.717, 1.165) is 31.8 Å². The second-order valence-electron chi connectivity index (χ2n) is 6.53. The van der Waals surface area contributed by atoms with Crippen LogP contribution in [0.2, 0.25) is 0 Å². The van der Waals surface area contributed by atoms with Crippen molar-refractivity contribution in [2.75, 3.05) is 26.2 Å². The number of piperidine rings is 1. The summed E-state index contributed by atoms with van der Waals surface area (Å²) in [5.74, 6) is 0.755. The van der Waals surface area contributed by atoms with Crippen LogP contribution in [-0.2, 0) is 14.8 Å². The fraction of sp³-hybridized carbons (Fsp3) is 0.733. The van der Waals surface area contributed by atoms with Gasteiger partial charge in [0.1, 0.15) is 0 Å². The number of nitrogens with zero attached hydrogens (tertiary/aromatic N) is 1. The number of aliphatic hydroxyl groups excluding tert-OH is 1. The minimum absolute atomic E-state index is 0.208. The maximum absolute atomic E-state index is 12.2. The van der Waals surface area contributed by atoms with E-state index in [1.807, 2.05) is 0 Å². The lowest BCUT2D eigenvalue weighted by atomic mass is 9.98. The van der Waals surface area contributed by atoms with E-state index in [4.69, 9.17) is 4.74 Å².